The van der Waals surface area contributed by atoms with Crippen molar-refractivity contribution in [1.29, 1.82) is 0 Å². The summed E-state index contributed by atoms with van der Waals surface area (Å²) in [6, 6.07) is 3.91. The highest BCUT2D eigenvalue weighted by Crippen LogP contribution is 2.35. The van der Waals surface area contributed by atoms with Crippen LogP contribution >= 0.6 is 0 Å². The van der Waals surface area contributed by atoms with Gasteiger partial charge in [-0.2, -0.15) is 5.10 Å². The Kier molecular flexibility index (Phi) is 2.98. The van der Waals surface area contributed by atoms with Crippen LogP contribution < -0.4 is 5.73 Å². The number of nitrogen functional groups attached to an aromatic ring is 1. The molecule has 3 rings (SSSR count). The summed E-state index contributed by atoms with van der Waals surface area (Å²) in [5, 5.41) is 7.21. The monoisotopic (exact) mass is 244 g/mol. The van der Waals surface area contributed by atoms with Crippen molar-refractivity contribution in [2.75, 3.05) is 18.9 Å². The zero-order chi connectivity index (χ0) is 12.4. The van der Waals surface area contributed by atoms with Gasteiger partial charge in [-0.1, -0.05) is 0 Å². The molecule has 1 saturated heterocycles. The fourth-order valence-corrected chi connectivity index (χ4v) is 2.46. The molecule has 5 heteroatoms. The van der Waals surface area contributed by atoms with Crippen LogP contribution in [0, 0.1) is 0 Å². The molecule has 0 bridgehead atoms. The molecule has 1 unspecified atom stereocenters. The molecular formula is C13H16N4O. The van der Waals surface area contributed by atoms with Crippen molar-refractivity contribution in [3.63, 3.8) is 0 Å². The van der Waals surface area contributed by atoms with Gasteiger partial charge in [0.2, 0.25) is 0 Å². The maximum atomic E-state index is 5.98. The van der Waals surface area contributed by atoms with Gasteiger partial charge in [0.1, 0.15) is 0 Å². The number of aromatic amines is 1. The summed E-state index contributed by atoms with van der Waals surface area (Å²) in [6.07, 6.45) is 5.73. The molecule has 1 aliphatic rings. The first-order chi connectivity index (χ1) is 8.86. The zero-order valence-electron chi connectivity index (χ0n) is 10.1. The molecule has 0 aromatic carbocycles. The second-order valence-corrected chi connectivity index (χ2v) is 4.55. The molecule has 94 valence electrons. The molecule has 1 fully saturated rings. The third-order valence-electron chi connectivity index (χ3n) is 3.36. The largest absolute Gasteiger partial charge is 0.382 e. The van der Waals surface area contributed by atoms with Gasteiger partial charge >= 0.3 is 0 Å². The second-order valence-electron chi connectivity index (χ2n) is 4.55. The first-order valence-corrected chi connectivity index (χ1v) is 6.18. The normalized spacial score (nSPS) is 19.9. The van der Waals surface area contributed by atoms with Gasteiger partial charge in [-0.05, 0) is 30.5 Å². The molecule has 2 aromatic heterocycles. The molecule has 0 saturated carbocycles. The Bertz CT molecular complexity index is 517. The predicted octanol–water partition coefficient (Wildman–Crippen LogP) is 1.95. The molecule has 0 radical (unpaired) electrons. The summed E-state index contributed by atoms with van der Waals surface area (Å²) < 4.78 is 5.54. The molecule has 0 amide bonds. The fraction of sp³-hybridized carbons (Fsp3) is 0.385. The highest BCUT2D eigenvalue weighted by Gasteiger charge is 2.23. The topological polar surface area (TPSA) is 76.8 Å². The van der Waals surface area contributed by atoms with Gasteiger partial charge in [0.25, 0.3) is 0 Å². The highest BCUT2D eigenvalue weighted by atomic mass is 16.5. The first-order valence-electron chi connectivity index (χ1n) is 6.18. The SMILES string of the molecule is Nc1n[nH]c(C2CCCOC2)c1-c1ccncc1. The van der Waals surface area contributed by atoms with Crippen LogP contribution in [0.25, 0.3) is 11.1 Å². The third-order valence-corrected chi connectivity index (χ3v) is 3.36. The Labute approximate surface area is 105 Å². The molecule has 5 nitrogen and oxygen atoms in total. The van der Waals surface area contributed by atoms with Crippen LogP contribution in [-0.4, -0.2) is 28.4 Å². The maximum Gasteiger partial charge on any atom is 0.153 e. The highest BCUT2D eigenvalue weighted by molar-refractivity contribution is 5.76. The molecule has 1 atom stereocenters. The first kappa shape index (κ1) is 11.2. The quantitative estimate of drug-likeness (QED) is 0.846. The molecule has 18 heavy (non-hydrogen) atoms. The van der Waals surface area contributed by atoms with E-state index in [-0.39, 0.29) is 0 Å². The summed E-state index contributed by atoms with van der Waals surface area (Å²) >= 11 is 0. The molecule has 3 N–H and O–H groups in total. The Morgan fingerprint density at radius 1 is 1.33 bits per heavy atom. The van der Waals surface area contributed by atoms with E-state index < -0.39 is 0 Å². The lowest BCUT2D eigenvalue weighted by atomic mass is 9.93. The predicted molar refractivity (Wildman–Crippen MR) is 69.0 cm³/mol. The van der Waals surface area contributed by atoms with Crippen molar-refractivity contribution in [1.82, 2.24) is 15.2 Å². The van der Waals surface area contributed by atoms with Crippen molar-refractivity contribution in [3.05, 3.63) is 30.2 Å². The number of nitrogens with zero attached hydrogens (tertiary/aromatic N) is 2. The summed E-state index contributed by atoms with van der Waals surface area (Å²) in [7, 11) is 0. The van der Waals surface area contributed by atoms with Crippen LogP contribution in [-0.2, 0) is 4.74 Å². The minimum absolute atomic E-state index is 0.353. The summed E-state index contributed by atoms with van der Waals surface area (Å²) in [5.74, 6) is 0.897. The zero-order valence-corrected chi connectivity index (χ0v) is 10.1. The van der Waals surface area contributed by atoms with E-state index in [2.05, 4.69) is 15.2 Å². The van der Waals surface area contributed by atoms with Crippen molar-refractivity contribution in [2.45, 2.75) is 18.8 Å². The van der Waals surface area contributed by atoms with E-state index in [1.54, 1.807) is 12.4 Å². The number of aromatic nitrogens is 3. The Hall–Kier alpha value is -1.88. The van der Waals surface area contributed by atoms with Gasteiger partial charge in [-0.15, -0.1) is 0 Å². The maximum absolute atomic E-state index is 5.98. The standard InChI is InChI=1S/C13H16N4O/c14-13-11(9-3-5-15-6-4-9)12(16-17-13)10-2-1-7-18-8-10/h3-6,10H,1-2,7-8H2,(H3,14,16,17). The van der Waals surface area contributed by atoms with E-state index in [1.807, 2.05) is 12.1 Å². The van der Waals surface area contributed by atoms with Crippen molar-refractivity contribution in [3.8, 4) is 11.1 Å². The van der Waals surface area contributed by atoms with E-state index >= 15 is 0 Å². The molecule has 2 aromatic rings. The third kappa shape index (κ3) is 1.97. The number of H-pyrrole nitrogens is 1. The van der Waals surface area contributed by atoms with Crippen LogP contribution in [0.4, 0.5) is 5.82 Å². The van der Waals surface area contributed by atoms with Crippen molar-refractivity contribution >= 4 is 5.82 Å². The lowest BCUT2D eigenvalue weighted by molar-refractivity contribution is 0.0794. The van der Waals surface area contributed by atoms with Crippen LogP contribution in [0.3, 0.4) is 0 Å². The number of pyridine rings is 1. The smallest absolute Gasteiger partial charge is 0.153 e. The van der Waals surface area contributed by atoms with Gasteiger partial charge in [0.05, 0.1) is 12.3 Å². The Morgan fingerprint density at radius 3 is 2.89 bits per heavy atom. The lowest BCUT2D eigenvalue weighted by Crippen LogP contribution is -2.16. The Morgan fingerprint density at radius 2 is 2.17 bits per heavy atom. The number of nitrogens with one attached hydrogen (secondary N) is 1. The molecule has 1 aliphatic heterocycles. The average Bonchev–Trinajstić information content (AvgIpc) is 2.83. The average molecular weight is 244 g/mol. The van der Waals surface area contributed by atoms with Gasteiger partial charge < -0.3 is 10.5 Å². The summed E-state index contributed by atoms with van der Waals surface area (Å²) in [4.78, 5) is 4.03. The van der Waals surface area contributed by atoms with Gasteiger partial charge in [0, 0.05) is 30.5 Å². The number of nitrogens with two attached hydrogens (primary N) is 1. The van der Waals surface area contributed by atoms with Crippen molar-refractivity contribution < 1.29 is 4.74 Å². The number of rotatable bonds is 2. The van der Waals surface area contributed by atoms with Crippen LogP contribution in [0.2, 0.25) is 0 Å². The van der Waals surface area contributed by atoms with Crippen LogP contribution in [0.5, 0.6) is 0 Å². The van der Waals surface area contributed by atoms with Gasteiger partial charge in [0.15, 0.2) is 5.82 Å². The number of ether oxygens (including phenoxy) is 1. The van der Waals surface area contributed by atoms with Gasteiger partial charge in [-0.3, -0.25) is 10.1 Å². The number of anilines is 1. The van der Waals surface area contributed by atoms with Crippen LogP contribution in [0.1, 0.15) is 24.5 Å². The number of hydrogen-bond donors (Lipinski definition) is 2. The van der Waals surface area contributed by atoms with Crippen LogP contribution in [0.15, 0.2) is 24.5 Å². The minimum atomic E-state index is 0.353. The molecule has 0 spiro atoms. The van der Waals surface area contributed by atoms with Gasteiger partial charge in [-0.25, -0.2) is 0 Å². The second kappa shape index (κ2) is 4.78. The Balaban J connectivity index is 2.01. The minimum Gasteiger partial charge on any atom is -0.382 e. The molecule has 3 heterocycles. The lowest BCUT2D eigenvalue weighted by Gasteiger charge is -2.22. The summed E-state index contributed by atoms with van der Waals surface area (Å²) in [6.45, 7) is 1.59. The van der Waals surface area contributed by atoms with E-state index in [0.717, 1.165) is 42.9 Å². The van der Waals surface area contributed by atoms with E-state index in [4.69, 9.17) is 10.5 Å². The molecule has 0 aliphatic carbocycles. The van der Waals surface area contributed by atoms with E-state index in [0.29, 0.717) is 11.7 Å². The molecular weight excluding hydrogens is 228 g/mol. The number of hydrogen-bond acceptors (Lipinski definition) is 4. The van der Waals surface area contributed by atoms with E-state index in [9.17, 15) is 0 Å². The van der Waals surface area contributed by atoms with Crippen molar-refractivity contribution in [2.24, 2.45) is 0 Å². The fourth-order valence-electron chi connectivity index (χ4n) is 2.46. The van der Waals surface area contributed by atoms with E-state index in [1.165, 1.54) is 0 Å². The summed E-state index contributed by atoms with van der Waals surface area (Å²) in [5.41, 5.74) is 9.10.